The lowest BCUT2D eigenvalue weighted by molar-refractivity contribution is 0.00989. The number of nitrogens with zero attached hydrogens (tertiary/aromatic N) is 4. The van der Waals surface area contributed by atoms with Crippen LogP contribution in [0.4, 0.5) is 5.82 Å². The molecule has 0 radical (unpaired) electrons. The van der Waals surface area contributed by atoms with Crippen molar-refractivity contribution in [3.63, 3.8) is 0 Å². The van der Waals surface area contributed by atoms with Crippen LogP contribution >= 0.6 is 0 Å². The number of methoxy groups -OCH3 is 1. The van der Waals surface area contributed by atoms with Crippen molar-refractivity contribution in [1.29, 1.82) is 0 Å². The smallest absolute Gasteiger partial charge is 0.193 e. The summed E-state index contributed by atoms with van der Waals surface area (Å²) in [5, 5.41) is 3.53. The third kappa shape index (κ3) is 6.85. The van der Waals surface area contributed by atoms with Gasteiger partial charge < -0.3 is 24.6 Å². The molecule has 3 rings (SSSR count). The average Bonchev–Trinajstić information content (AvgIpc) is 2.79. The van der Waals surface area contributed by atoms with Crippen molar-refractivity contribution < 1.29 is 9.47 Å². The first-order chi connectivity index (χ1) is 14.3. The molecule has 0 aliphatic carbocycles. The lowest BCUT2D eigenvalue weighted by Crippen LogP contribution is -2.46. The molecule has 0 bridgehead atoms. The molecule has 7 heteroatoms. The summed E-state index contributed by atoms with van der Waals surface area (Å²) >= 11 is 0. The maximum atomic E-state index is 5.97. The van der Waals surface area contributed by atoms with E-state index in [-0.39, 0.29) is 0 Å². The Balaban J connectivity index is 1.44. The molecule has 2 aliphatic heterocycles. The van der Waals surface area contributed by atoms with E-state index >= 15 is 0 Å². The topological polar surface area (TPSA) is 62.2 Å². The maximum Gasteiger partial charge on any atom is 0.193 e. The number of anilines is 1. The third-order valence-electron chi connectivity index (χ3n) is 5.74. The van der Waals surface area contributed by atoms with Crippen molar-refractivity contribution in [1.82, 2.24) is 15.2 Å². The van der Waals surface area contributed by atoms with Gasteiger partial charge in [-0.05, 0) is 56.2 Å². The lowest BCUT2D eigenvalue weighted by Gasteiger charge is -2.34. The van der Waals surface area contributed by atoms with Crippen LogP contribution in [0.15, 0.2) is 23.3 Å². The Hall–Kier alpha value is -1.86. The van der Waals surface area contributed by atoms with Crippen LogP contribution in [0.25, 0.3) is 0 Å². The molecule has 1 N–H and O–H groups in total. The van der Waals surface area contributed by atoms with Crippen LogP contribution in [0.3, 0.4) is 0 Å². The van der Waals surface area contributed by atoms with Crippen LogP contribution in [0.5, 0.6) is 0 Å². The van der Waals surface area contributed by atoms with Crippen LogP contribution in [-0.4, -0.2) is 75.5 Å². The summed E-state index contributed by atoms with van der Waals surface area (Å²) in [5.74, 6) is 2.07. The van der Waals surface area contributed by atoms with Crippen molar-refractivity contribution >= 4 is 11.8 Å². The van der Waals surface area contributed by atoms with Crippen molar-refractivity contribution in [2.24, 2.45) is 4.99 Å². The number of aliphatic imine (C=N–C) groups is 1. The van der Waals surface area contributed by atoms with Crippen molar-refractivity contribution in [3.8, 4) is 0 Å². The number of aromatic nitrogens is 1. The van der Waals surface area contributed by atoms with E-state index in [9.17, 15) is 0 Å². The number of guanidine groups is 1. The van der Waals surface area contributed by atoms with E-state index in [0.29, 0.717) is 6.10 Å². The Morgan fingerprint density at radius 3 is 2.69 bits per heavy atom. The van der Waals surface area contributed by atoms with Crippen molar-refractivity contribution in [3.05, 3.63) is 23.9 Å². The first-order valence-electron chi connectivity index (χ1n) is 11.1. The molecule has 0 spiro atoms. The minimum Gasteiger partial charge on any atom is -0.385 e. The Kier molecular flexibility index (Phi) is 9.02. The first kappa shape index (κ1) is 21.8. The summed E-state index contributed by atoms with van der Waals surface area (Å²) in [4.78, 5) is 13.8. The van der Waals surface area contributed by atoms with Crippen LogP contribution in [0, 0.1) is 0 Å². The van der Waals surface area contributed by atoms with E-state index in [1.807, 2.05) is 13.2 Å². The summed E-state index contributed by atoms with van der Waals surface area (Å²) in [6.45, 7) is 6.51. The van der Waals surface area contributed by atoms with Crippen molar-refractivity contribution in [2.75, 3.05) is 58.5 Å². The summed E-state index contributed by atoms with van der Waals surface area (Å²) in [6, 6.07) is 4.31. The highest BCUT2D eigenvalue weighted by atomic mass is 16.5. The quantitative estimate of drug-likeness (QED) is 0.409. The molecule has 7 nitrogen and oxygen atoms in total. The molecular weight excluding hydrogens is 366 g/mol. The number of hydrogen-bond acceptors (Lipinski definition) is 5. The van der Waals surface area contributed by atoms with Gasteiger partial charge in [-0.3, -0.25) is 4.99 Å². The zero-order chi connectivity index (χ0) is 20.3. The molecule has 3 heterocycles. The summed E-state index contributed by atoms with van der Waals surface area (Å²) in [6.07, 6.45) is 9.20. The van der Waals surface area contributed by atoms with Gasteiger partial charge in [0.2, 0.25) is 0 Å². The number of hydrogen-bond donors (Lipinski definition) is 1. The number of pyridine rings is 1. The van der Waals surface area contributed by atoms with E-state index < -0.39 is 0 Å². The third-order valence-corrected chi connectivity index (χ3v) is 5.74. The SMILES string of the molecule is CN=C(NCc1ccnc(N2CCCCC2)c1)N1CCC(OCCCOC)CC1. The van der Waals surface area contributed by atoms with Gasteiger partial charge in [-0.1, -0.05) is 0 Å². The van der Waals surface area contributed by atoms with Gasteiger partial charge in [0.1, 0.15) is 5.82 Å². The Labute approximate surface area is 175 Å². The molecule has 0 unspecified atom stereocenters. The largest absolute Gasteiger partial charge is 0.385 e. The van der Waals surface area contributed by atoms with Gasteiger partial charge in [0.05, 0.1) is 6.10 Å². The maximum absolute atomic E-state index is 5.97. The van der Waals surface area contributed by atoms with Crippen molar-refractivity contribution in [2.45, 2.75) is 51.2 Å². The highest BCUT2D eigenvalue weighted by Gasteiger charge is 2.22. The number of likely N-dealkylation sites (tertiary alicyclic amines) is 1. The van der Waals surface area contributed by atoms with Gasteiger partial charge >= 0.3 is 0 Å². The van der Waals surface area contributed by atoms with Gasteiger partial charge in [-0.15, -0.1) is 0 Å². The van der Waals surface area contributed by atoms with E-state index in [2.05, 4.69) is 37.2 Å². The van der Waals surface area contributed by atoms with Gasteiger partial charge in [0.25, 0.3) is 0 Å². The van der Waals surface area contributed by atoms with Gasteiger partial charge in [0, 0.05) is 66.3 Å². The van der Waals surface area contributed by atoms with Crippen LogP contribution in [0.2, 0.25) is 0 Å². The molecule has 0 saturated carbocycles. The van der Waals surface area contributed by atoms with Crippen LogP contribution in [0.1, 0.15) is 44.1 Å². The van der Waals surface area contributed by atoms with Gasteiger partial charge in [0.15, 0.2) is 5.96 Å². The predicted octanol–water partition coefficient (Wildman–Crippen LogP) is 2.66. The second-order valence-corrected chi connectivity index (χ2v) is 7.87. The molecule has 2 saturated heterocycles. The minimum absolute atomic E-state index is 0.355. The number of piperidine rings is 2. The molecule has 1 aromatic rings. The number of nitrogens with one attached hydrogen (secondary N) is 1. The minimum atomic E-state index is 0.355. The Morgan fingerprint density at radius 1 is 1.17 bits per heavy atom. The number of rotatable bonds is 8. The van der Waals surface area contributed by atoms with Crippen LogP contribution in [-0.2, 0) is 16.0 Å². The van der Waals surface area contributed by atoms with Gasteiger partial charge in [-0.25, -0.2) is 4.98 Å². The monoisotopic (exact) mass is 403 g/mol. The highest BCUT2D eigenvalue weighted by molar-refractivity contribution is 5.80. The lowest BCUT2D eigenvalue weighted by atomic mass is 10.1. The summed E-state index contributed by atoms with van der Waals surface area (Å²) in [5.41, 5.74) is 1.25. The first-order valence-corrected chi connectivity index (χ1v) is 11.1. The Morgan fingerprint density at radius 2 is 1.97 bits per heavy atom. The molecule has 0 amide bonds. The van der Waals surface area contributed by atoms with E-state index in [0.717, 1.165) is 77.0 Å². The fourth-order valence-corrected chi connectivity index (χ4v) is 4.07. The summed E-state index contributed by atoms with van der Waals surface area (Å²) < 4.78 is 11.0. The van der Waals surface area contributed by atoms with E-state index in [1.54, 1.807) is 7.11 Å². The molecular formula is C22H37N5O2. The second-order valence-electron chi connectivity index (χ2n) is 7.87. The molecule has 2 aliphatic rings. The highest BCUT2D eigenvalue weighted by Crippen LogP contribution is 2.19. The fourth-order valence-electron chi connectivity index (χ4n) is 4.07. The van der Waals surface area contributed by atoms with E-state index in [1.165, 1.54) is 24.8 Å². The Bertz CT molecular complexity index is 625. The zero-order valence-corrected chi connectivity index (χ0v) is 18.1. The fraction of sp³-hybridized carbons (Fsp3) is 0.727. The molecule has 0 atom stereocenters. The standard InChI is InChI=1S/C22H37N5O2/c1-23-22(27-13-8-20(9-14-27)29-16-6-15-28-2)25-18-19-7-10-24-21(17-19)26-11-4-3-5-12-26/h7,10,17,20H,3-6,8-9,11-16,18H2,1-2H3,(H,23,25). The molecule has 162 valence electrons. The predicted molar refractivity (Wildman–Crippen MR) is 118 cm³/mol. The average molecular weight is 404 g/mol. The van der Waals surface area contributed by atoms with E-state index in [4.69, 9.17) is 9.47 Å². The normalized spacial score (nSPS) is 18.9. The molecule has 2 fully saturated rings. The zero-order valence-electron chi connectivity index (χ0n) is 18.1. The number of ether oxygens (including phenoxy) is 2. The summed E-state index contributed by atoms with van der Waals surface area (Å²) in [7, 11) is 3.60. The molecule has 29 heavy (non-hydrogen) atoms. The second kappa shape index (κ2) is 12.0. The molecule has 0 aromatic carbocycles. The van der Waals surface area contributed by atoms with Gasteiger partial charge in [-0.2, -0.15) is 0 Å². The van der Waals surface area contributed by atoms with Crippen LogP contribution < -0.4 is 10.2 Å². The molecule has 1 aromatic heterocycles.